The third-order valence-corrected chi connectivity index (χ3v) is 1.97. The fraction of sp³-hybridized carbons (Fsp3) is 0.500. The zero-order valence-electron chi connectivity index (χ0n) is 8.11. The Hall–Kier alpha value is -0.740. The predicted octanol–water partition coefficient (Wildman–Crippen LogP) is 2.24. The molecule has 14 heavy (non-hydrogen) atoms. The predicted molar refractivity (Wildman–Crippen MR) is 55.8 cm³/mol. The van der Waals surface area contributed by atoms with E-state index < -0.39 is 0 Å². The number of H-pyrrole nitrogens is 1. The van der Waals surface area contributed by atoms with Crippen LogP contribution >= 0.6 is 23.2 Å². The van der Waals surface area contributed by atoms with Gasteiger partial charge in [0.15, 0.2) is 11.0 Å². The molecule has 1 rings (SSSR count). The zero-order valence-corrected chi connectivity index (χ0v) is 9.62. The van der Waals surface area contributed by atoms with E-state index in [-0.39, 0.29) is 27.6 Å². The highest BCUT2D eigenvalue weighted by Crippen LogP contribution is 2.17. The van der Waals surface area contributed by atoms with Crippen molar-refractivity contribution in [3.8, 4) is 0 Å². The van der Waals surface area contributed by atoms with Gasteiger partial charge in [-0.25, -0.2) is 4.98 Å². The lowest BCUT2D eigenvalue weighted by Crippen LogP contribution is -2.41. The van der Waals surface area contributed by atoms with E-state index in [0.29, 0.717) is 0 Å². The molecule has 1 aromatic rings. The lowest BCUT2D eigenvalue weighted by Gasteiger charge is -2.19. The Labute approximate surface area is 92.0 Å². The first-order valence-corrected chi connectivity index (χ1v) is 4.79. The molecule has 0 aliphatic carbocycles. The molecule has 0 atom stereocenters. The van der Waals surface area contributed by atoms with Crippen LogP contribution in [0.4, 0.5) is 0 Å². The molecular formula is C8H11Cl2N3O. The Morgan fingerprint density at radius 1 is 1.43 bits per heavy atom. The summed E-state index contributed by atoms with van der Waals surface area (Å²) in [4.78, 5) is 17.8. The normalized spacial score (nSPS) is 11.5. The minimum absolute atomic E-state index is 0.103. The summed E-state index contributed by atoms with van der Waals surface area (Å²) in [5.74, 6) is -0.207. The molecule has 6 heteroatoms. The number of carbonyl (C=O) groups excluding carboxylic acids is 1. The van der Waals surface area contributed by atoms with E-state index >= 15 is 0 Å². The number of aromatic amines is 1. The number of hydrogen-bond donors (Lipinski definition) is 2. The summed E-state index contributed by atoms with van der Waals surface area (Å²) >= 11 is 11.2. The van der Waals surface area contributed by atoms with Crippen LogP contribution < -0.4 is 5.32 Å². The number of rotatable bonds is 1. The number of carbonyl (C=O) groups is 1. The van der Waals surface area contributed by atoms with Crippen LogP contribution in [0.2, 0.25) is 10.3 Å². The Morgan fingerprint density at radius 3 is 2.36 bits per heavy atom. The van der Waals surface area contributed by atoms with Gasteiger partial charge in [0.2, 0.25) is 0 Å². The van der Waals surface area contributed by atoms with Crippen molar-refractivity contribution < 1.29 is 4.79 Å². The summed E-state index contributed by atoms with van der Waals surface area (Å²) in [6.07, 6.45) is 0. The smallest absolute Gasteiger partial charge is 0.287 e. The van der Waals surface area contributed by atoms with Crippen molar-refractivity contribution in [3.05, 3.63) is 16.1 Å². The van der Waals surface area contributed by atoms with Gasteiger partial charge in [0.1, 0.15) is 5.15 Å². The van der Waals surface area contributed by atoms with Crippen molar-refractivity contribution in [2.45, 2.75) is 26.3 Å². The van der Waals surface area contributed by atoms with E-state index in [9.17, 15) is 4.79 Å². The van der Waals surface area contributed by atoms with Gasteiger partial charge in [0.25, 0.3) is 5.91 Å². The highest BCUT2D eigenvalue weighted by molar-refractivity contribution is 6.40. The van der Waals surface area contributed by atoms with Crippen LogP contribution in [-0.4, -0.2) is 21.4 Å². The second kappa shape index (κ2) is 3.79. The first-order valence-electron chi connectivity index (χ1n) is 4.03. The number of nitrogens with one attached hydrogen (secondary N) is 2. The molecule has 0 fully saturated rings. The fourth-order valence-corrected chi connectivity index (χ4v) is 1.10. The second-order valence-corrected chi connectivity index (χ2v) is 4.63. The first-order chi connectivity index (χ1) is 6.29. The van der Waals surface area contributed by atoms with E-state index in [1.807, 2.05) is 20.8 Å². The maximum Gasteiger partial charge on any atom is 0.287 e. The quantitative estimate of drug-likeness (QED) is 0.785. The molecule has 4 nitrogen and oxygen atoms in total. The highest BCUT2D eigenvalue weighted by atomic mass is 35.5. The molecule has 78 valence electrons. The van der Waals surface area contributed by atoms with Gasteiger partial charge in [0.05, 0.1) is 0 Å². The van der Waals surface area contributed by atoms with Crippen LogP contribution in [0.3, 0.4) is 0 Å². The summed E-state index contributed by atoms with van der Waals surface area (Å²) in [5.41, 5.74) is -0.317. The highest BCUT2D eigenvalue weighted by Gasteiger charge is 2.18. The minimum Gasteiger partial charge on any atom is -0.345 e. The number of aromatic nitrogens is 2. The molecule has 2 N–H and O–H groups in total. The van der Waals surface area contributed by atoms with Crippen LogP contribution in [0, 0.1) is 0 Å². The number of hydrogen-bond acceptors (Lipinski definition) is 2. The molecule has 0 bridgehead atoms. The van der Waals surface area contributed by atoms with Gasteiger partial charge >= 0.3 is 0 Å². The Morgan fingerprint density at radius 2 is 2.00 bits per heavy atom. The summed E-state index contributed by atoms with van der Waals surface area (Å²) in [6, 6.07) is 0. The molecule has 0 aliphatic rings. The first kappa shape index (κ1) is 11.3. The molecule has 0 unspecified atom stereocenters. The van der Waals surface area contributed by atoms with Crippen molar-refractivity contribution >= 4 is 29.1 Å². The average Bonchev–Trinajstić information content (AvgIpc) is 2.28. The molecule has 1 aromatic heterocycles. The Kier molecular flexibility index (Phi) is 3.07. The maximum absolute atomic E-state index is 11.5. The average molecular weight is 236 g/mol. The van der Waals surface area contributed by atoms with Crippen molar-refractivity contribution in [1.29, 1.82) is 0 Å². The van der Waals surface area contributed by atoms with Gasteiger partial charge < -0.3 is 10.3 Å². The van der Waals surface area contributed by atoms with Crippen LogP contribution in [-0.2, 0) is 0 Å². The molecule has 1 heterocycles. The maximum atomic E-state index is 11.5. The van der Waals surface area contributed by atoms with Gasteiger partial charge in [-0.2, -0.15) is 0 Å². The molecule has 0 aliphatic heterocycles. The molecular weight excluding hydrogens is 225 g/mol. The number of imidazole rings is 1. The van der Waals surface area contributed by atoms with E-state index in [1.54, 1.807) is 0 Å². The second-order valence-electron chi connectivity index (χ2n) is 3.89. The summed E-state index contributed by atoms with van der Waals surface area (Å²) in [7, 11) is 0. The van der Waals surface area contributed by atoms with E-state index in [0.717, 1.165) is 0 Å². The van der Waals surface area contributed by atoms with E-state index in [2.05, 4.69) is 15.3 Å². The molecule has 0 spiro atoms. The lowest BCUT2D eigenvalue weighted by atomic mass is 10.1. The third kappa shape index (κ3) is 2.89. The van der Waals surface area contributed by atoms with Gasteiger partial charge in [-0.3, -0.25) is 4.79 Å². The van der Waals surface area contributed by atoms with Crippen LogP contribution in [0.15, 0.2) is 0 Å². The number of amides is 1. The zero-order chi connectivity index (χ0) is 10.9. The summed E-state index contributed by atoms with van der Waals surface area (Å²) < 4.78 is 0. The lowest BCUT2D eigenvalue weighted by molar-refractivity contribution is 0.0910. The van der Waals surface area contributed by atoms with Crippen molar-refractivity contribution in [2.75, 3.05) is 0 Å². The van der Waals surface area contributed by atoms with Crippen molar-refractivity contribution in [3.63, 3.8) is 0 Å². The topological polar surface area (TPSA) is 57.8 Å². The molecule has 0 radical (unpaired) electrons. The number of halogens is 2. The van der Waals surface area contributed by atoms with Crippen molar-refractivity contribution in [1.82, 2.24) is 15.3 Å². The van der Waals surface area contributed by atoms with Crippen LogP contribution in [0.5, 0.6) is 0 Å². The van der Waals surface area contributed by atoms with Crippen molar-refractivity contribution in [2.24, 2.45) is 0 Å². The van der Waals surface area contributed by atoms with Gasteiger partial charge in [0, 0.05) is 5.54 Å². The third-order valence-electron chi connectivity index (χ3n) is 1.32. The molecule has 0 saturated carbocycles. The van der Waals surface area contributed by atoms with Gasteiger partial charge in [-0.15, -0.1) is 0 Å². The van der Waals surface area contributed by atoms with E-state index in [4.69, 9.17) is 23.2 Å². The van der Waals surface area contributed by atoms with E-state index in [1.165, 1.54) is 0 Å². The standard InChI is InChI=1S/C8H11Cl2N3O/c1-8(2,3)13-7(14)6-11-4(9)5(10)12-6/h1-3H3,(H,11,12)(H,13,14). The summed E-state index contributed by atoms with van der Waals surface area (Å²) in [6.45, 7) is 5.62. The fourth-order valence-electron chi connectivity index (χ4n) is 0.838. The number of nitrogens with zero attached hydrogens (tertiary/aromatic N) is 1. The summed E-state index contributed by atoms with van der Waals surface area (Å²) in [5, 5.41) is 3.00. The molecule has 0 aromatic carbocycles. The monoisotopic (exact) mass is 235 g/mol. The Bertz CT molecular complexity index is 334. The Balaban J connectivity index is 2.80. The SMILES string of the molecule is CC(C)(C)NC(=O)c1nc(Cl)c(Cl)[nH]1. The molecule has 1 amide bonds. The van der Waals surface area contributed by atoms with Gasteiger partial charge in [-0.1, -0.05) is 23.2 Å². The minimum atomic E-state index is -0.327. The molecule has 0 saturated heterocycles. The van der Waals surface area contributed by atoms with Crippen LogP contribution in [0.25, 0.3) is 0 Å². The van der Waals surface area contributed by atoms with Gasteiger partial charge in [-0.05, 0) is 20.8 Å². The van der Waals surface area contributed by atoms with Crippen LogP contribution in [0.1, 0.15) is 31.4 Å². The largest absolute Gasteiger partial charge is 0.345 e.